The minimum atomic E-state index is -0.184. The van der Waals surface area contributed by atoms with E-state index >= 15 is 0 Å². The zero-order chi connectivity index (χ0) is 13.4. The van der Waals surface area contributed by atoms with Crippen LogP contribution < -0.4 is 5.69 Å². The first-order valence-corrected chi connectivity index (χ1v) is 7.03. The fourth-order valence-electron chi connectivity index (χ4n) is 2.25. The summed E-state index contributed by atoms with van der Waals surface area (Å²) in [5, 5.41) is 0. The summed E-state index contributed by atoms with van der Waals surface area (Å²) in [6.45, 7) is 2.06. The number of halogens is 1. The molecule has 4 nitrogen and oxygen atoms in total. The second kappa shape index (κ2) is 4.74. The summed E-state index contributed by atoms with van der Waals surface area (Å²) in [4.78, 5) is 16.8. The van der Waals surface area contributed by atoms with E-state index in [0.717, 1.165) is 34.3 Å². The van der Waals surface area contributed by atoms with E-state index in [2.05, 4.69) is 32.8 Å². The Morgan fingerprint density at radius 2 is 2.05 bits per heavy atom. The monoisotopic (exact) mass is 320 g/mol. The summed E-state index contributed by atoms with van der Waals surface area (Å²) in [6.07, 6.45) is 2.56. The third-order valence-electron chi connectivity index (χ3n) is 3.21. The van der Waals surface area contributed by atoms with Gasteiger partial charge in [-0.1, -0.05) is 28.9 Å². The predicted octanol–water partition coefficient (Wildman–Crippen LogP) is 3.50. The molecule has 5 heteroatoms. The lowest BCUT2D eigenvalue weighted by molar-refractivity contribution is 0.512. The SMILES string of the molecule is CCc1occc1C(Br)c1ccc2[nH]c(=O)[nH]c2c1. The van der Waals surface area contributed by atoms with Gasteiger partial charge in [0, 0.05) is 12.0 Å². The highest BCUT2D eigenvalue weighted by Gasteiger charge is 2.16. The van der Waals surface area contributed by atoms with Gasteiger partial charge in [0.15, 0.2) is 0 Å². The standard InChI is InChI=1S/C14H13BrN2O2/c1-2-12-9(5-6-19-12)13(15)8-3-4-10-11(7-8)17-14(18)16-10/h3-7,13H,2H2,1H3,(H2,16,17,18). The van der Waals surface area contributed by atoms with Gasteiger partial charge in [-0.25, -0.2) is 4.79 Å². The molecule has 1 atom stereocenters. The Kier molecular flexibility index (Phi) is 3.06. The van der Waals surface area contributed by atoms with Gasteiger partial charge in [0.25, 0.3) is 0 Å². The van der Waals surface area contributed by atoms with Crippen LogP contribution in [-0.4, -0.2) is 9.97 Å². The number of alkyl halides is 1. The lowest BCUT2D eigenvalue weighted by Gasteiger charge is -2.10. The number of H-pyrrole nitrogens is 2. The lowest BCUT2D eigenvalue weighted by Crippen LogP contribution is -1.99. The van der Waals surface area contributed by atoms with Crippen LogP contribution in [0.4, 0.5) is 0 Å². The summed E-state index contributed by atoms with van der Waals surface area (Å²) in [6, 6.07) is 7.85. The van der Waals surface area contributed by atoms with Crippen LogP contribution in [0.2, 0.25) is 0 Å². The highest BCUT2D eigenvalue weighted by molar-refractivity contribution is 9.09. The van der Waals surface area contributed by atoms with Gasteiger partial charge < -0.3 is 14.4 Å². The first-order chi connectivity index (χ1) is 9.19. The van der Waals surface area contributed by atoms with Gasteiger partial charge in [0.05, 0.1) is 22.1 Å². The number of aromatic nitrogens is 2. The number of hydrogen-bond acceptors (Lipinski definition) is 2. The van der Waals surface area contributed by atoms with Gasteiger partial charge in [-0.3, -0.25) is 0 Å². The molecule has 98 valence electrons. The molecule has 2 heterocycles. The van der Waals surface area contributed by atoms with E-state index in [9.17, 15) is 4.79 Å². The van der Waals surface area contributed by atoms with Crippen molar-refractivity contribution in [3.8, 4) is 0 Å². The molecule has 2 N–H and O–H groups in total. The van der Waals surface area contributed by atoms with E-state index in [1.54, 1.807) is 6.26 Å². The minimum absolute atomic E-state index is 0.0593. The van der Waals surface area contributed by atoms with Crippen LogP contribution >= 0.6 is 15.9 Å². The number of hydrogen-bond donors (Lipinski definition) is 2. The van der Waals surface area contributed by atoms with E-state index in [1.165, 1.54) is 0 Å². The number of nitrogens with one attached hydrogen (secondary N) is 2. The Balaban J connectivity index is 2.05. The number of rotatable bonds is 3. The van der Waals surface area contributed by atoms with Gasteiger partial charge >= 0.3 is 5.69 Å². The van der Waals surface area contributed by atoms with Crippen LogP contribution in [0.25, 0.3) is 11.0 Å². The van der Waals surface area contributed by atoms with Crippen molar-refractivity contribution in [3.05, 3.63) is 57.9 Å². The molecule has 0 aliphatic carbocycles. The van der Waals surface area contributed by atoms with Crippen molar-refractivity contribution in [1.82, 2.24) is 9.97 Å². The van der Waals surface area contributed by atoms with E-state index in [0.29, 0.717) is 0 Å². The van der Waals surface area contributed by atoms with Gasteiger partial charge in [0.1, 0.15) is 5.76 Å². The maximum atomic E-state index is 11.3. The summed E-state index contributed by atoms with van der Waals surface area (Å²) in [5.74, 6) is 0.976. The van der Waals surface area contributed by atoms with Crippen LogP contribution in [0.5, 0.6) is 0 Å². The van der Waals surface area contributed by atoms with E-state index in [4.69, 9.17) is 4.42 Å². The summed E-state index contributed by atoms with van der Waals surface area (Å²) >= 11 is 3.70. The van der Waals surface area contributed by atoms with Crippen LogP contribution in [-0.2, 0) is 6.42 Å². The van der Waals surface area contributed by atoms with Crippen molar-refractivity contribution in [2.24, 2.45) is 0 Å². The average Bonchev–Trinajstić information content (AvgIpc) is 3.01. The van der Waals surface area contributed by atoms with Gasteiger partial charge in [-0.05, 0) is 23.8 Å². The van der Waals surface area contributed by atoms with Crippen LogP contribution in [0, 0.1) is 0 Å². The quantitative estimate of drug-likeness (QED) is 0.725. The molecule has 1 unspecified atom stereocenters. The first kappa shape index (κ1) is 12.3. The van der Waals surface area contributed by atoms with Crippen molar-refractivity contribution in [3.63, 3.8) is 0 Å². The summed E-state index contributed by atoms with van der Waals surface area (Å²) < 4.78 is 5.45. The highest BCUT2D eigenvalue weighted by atomic mass is 79.9. The van der Waals surface area contributed by atoms with Gasteiger partial charge in [-0.2, -0.15) is 0 Å². The molecule has 0 radical (unpaired) electrons. The Morgan fingerprint density at radius 1 is 1.26 bits per heavy atom. The number of aromatic amines is 2. The smallest absolute Gasteiger partial charge is 0.323 e. The molecule has 0 amide bonds. The molecule has 0 saturated heterocycles. The number of aryl methyl sites for hydroxylation is 1. The highest BCUT2D eigenvalue weighted by Crippen LogP contribution is 2.34. The molecule has 1 aromatic carbocycles. The largest absolute Gasteiger partial charge is 0.469 e. The third kappa shape index (κ3) is 2.14. The molecule has 2 aromatic heterocycles. The fourth-order valence-corrected chi connectivity index (χ4v) is 2.94. The summed E-state index contributed by atoms with van der Waals surface area (Å²) in [5.41, 5.74) is 3.65. The van der Waals surface area contributed by atoms with E-state index < -0.39 is 0 Å². The second-order valence-electron chi connectivity index (χ2n) is 4.40. The van der Waals surface area contributed by atoms with Crippen molar-refractivity contribution < 1.29 is 4.42 Å². The van der Waals surface area contributed by atoms with Gasteiger partial charge in [0.2, 0.25) is 0 Å². The molecule has 0 spiro atoms. The zero-order valence-electron chi connectivity index (χ0n) is 10.4. The lowest BCUT2D eigenvalue weighted by atomic mass is 10.0. The molecule has 0 bridgehead atoms. The maximum Gasteiger partial charge on any atom is 0.323 e. The molecule has 0 aliphatic heterocycles. The molecule has 0 aliphatic rings. The molecule has 3 aromatic rings. The molecule has 0 fully saturated rings. The van der Waals surface area contributed by atoms with E-state index in [-0.39, 0.29) is 10.5 Å². The Labute approximate surface area is 118 Å². The third-order valence-corrected chi connectivity index (χ3v) is 4.23. The fraction of sp³-hybridized carbons (Fsp3) is 0.214. The molecular weight excluding hydrogens is 308 g/mol. The number of benzene rings is 1. The molecule has 19 heavy (non-hydrogen) atoms. The topological polar surface area (TPSA) is 61.8 Å². The van der Waals surface area contributed by atoms with Crippen LogP contribution in [0.1, 0.15) is 28.6 Å². The number of furan rings is 1. The predicted molar refractivity (Wildman–Crippen MR) is 77.8 cm³/mol. The number of imidazole rings is 1. The Morgan fingerprint density at radius 3 is 2.84 bits per heavy atom. The van der Waals surface area contributed by atoms with E-state index in [1.807, 2.05) is 24.3 Å². The van der Waals surface area contributed by atoms with Gasteiger partial charge in [-0.15, -0.1) is 0 Å². The minimum Gasteiger partial charge on any atom is -0.469 e. The normalized spacial score (nSPS) is 12.9. The van der Waals surface area contributed by atoms with Crippen molar-refractivity contribution >= 4 is 27.0 Å². The van der Waals surface area contributed by atoms with Crippen LogP contribution in [0.15, 0.2) is 39.7 Å². The maximum absolute atomic E-state index is 11.3. The zero-order valence-corrected chi connectivity index (χ0v) is 12.0. The molecule has 3 rings (SSSR count). The van der Waals surface area contributed by atoms with Crippen LogP contribution in [0.3, 0.4) is 0 Å². The summed E-state index contributed by atoms with van der Waals surface area (Å²) in [7, 11) is 0. The molecule has 0 saturated carbocycles. The van der Waals surface area contributed by atoms with Crippen molar-refractivity contribution in [1.29, 1.82) is 0 Å². The Hall–Kier alpha value is -1.75. The Bertz CT molecular complexity index is 769. The van der Waals surface area contributed by atoms with Crippen molar-refractivity contribution in [2.45, 2.75) is 18.2 Å². The second-order valence-corrected chi connectivity index (χ2v) is 5.32. The van der Waals surface area contributed by atoms with Crippen molar-refractivity contribution in [2.75, 3.05) is 0 Å². The first-order valence-electron chi connectivity index (χ1n) is 6.11. The molecular formula is C14H13BrN2O2. The average molecular weight is 321 g/mol. The number of fused-ring (bicyclic) bond motifs is 1.